The average molecular weight is 214 g/mol. The van der Waals surface area contributed by atoms with Crippen LogP contribution in [0.2, 0.25) is 0 Å². The normalized spacial score (nSPS) is 15.5. The first kappa shape index (κ1) is 11.8. The lowest BCUT2D eigenvalue weighted by Gasteiger charge is -2.29. The van der Waals surface area contributed by atoms with Gasteiger partial charge in [0.15, 0.2) is 0 Å². The molecule has 2 N–H and O–H groups in total. The molecule has 0 unspecified atom stereocenters. The number of hydrogen-bond donors (Lipinski definition) is 2. The van der Waals surface area contributed by atoms with E-state index in [-0.39, 0.29) is 18.6 Å². The zero-order valence-electron chi connectivity index (χ0n) is 9.03. The molecule has 2 amide bonds. The number of nitrogens with one attached hydrogen (secondary N) is 1. The summed E-state index contributed by atoms with van der Waals surface area (Å²) in [4.78, 5) is 23.5. The fourth-order valence-corrected chi connectivity index (χ4v) is 1.50. The Morgan fingerprint density at radius 1 is 1.47 bits per heavy atom. The van der Waals surface area contributed by atoms with Crippen LogP contribution in [0.25, 0.3) is 0 Å². The molecule has 5 nitrogen and oxygen atoms in total. The summed E-state index contributed by atoms with van der Waals surface area (Å²) in [6, 6.07) is 0.00889. The van der Waals surface area contributed by atoms with Gasteiger partial charge in [0.05, 0.1) is 0 Å². The van der Waals surface area contributed by atoms with Crippen LogP contribution < -0.4 is 5.32 Å². The molecule has 0 spiro atoms. The van der Waals surface area contributed by atoms with E-state index in [0.29, 0.717) is 6.54 Å². The molecule has 1 rings (SSSR count). The second kappa shape index (κ2) is 5.58. The molecule has 0 heterocycles. The zero-order chi connectivity index (χ0) is 11.3. The Bertz CT molecular complexity index is 239. The van der Waals surface area contributed by atoms with Gasteiger partial charge in [-0.1, -0.05) is 6.92 Å². The molecular weight excluding hydrogens is 196 g/mol. The monoisotopic (exact) mass is 214 g/mol. The van der Waals surface area contributed by atoms with Crippen molar-refractivity contribution in [2.75, 3.05) is 13.1 Å². The fraction of sp³-hybridized carbons (Fsp3) is 0.800. The Morgan fingerprint density at radius 2 is 2.13 bits per heavy atom. The van der Waals surface area contributed by atoms with Crippen molar-refractivity contribution >= 4 is 12.0 Å². The van der Waals surface area contributed by atoms with Crippen molar-refractivity contribution in [3.05, 3.63) is 0 Å². The first-order chi connectivity index (χ1) is 7.13. The molecule has 0 bridgehead atoms. The number of urea groups is 1. The summed E-state index contributed by atoms with van der Waals surface area (Å²) in [6.45, 7) is 2.20. The molecule has 1 fully saturated rings. The van der Waals surface area contributed by atoms with Gasteiger partial charge in [-0.15, -0.1) is 0 Å². The van der Waals surface area contributed by atoms with Crippen molar-refractivity contribution in [2.45, 2.75) is 38.6 Å². The third kappa shape index (κ3) is 3.77. The lowest BCUT2D eigenvalue weighted by Crippen LogP contribution is -2.49. The third-order valence-corrected chi connectivity index (χ3v) is 2.54. The quantitative estimate of drug-likeness (QED) is 0.718. The second-order valence-corrected chi connectivity index (χ2v) is 3.89. The molecule has 86 valence electrons. The van der Waals surface area contributed by atoms with E-state index in [2.05, 4.69) is 5.32 Å². The Hall–Kier alpha value is -1.26. The molecule has 0 aromatic rings. The van der Waals surface area contributed by atoms with Gasteiger partial charge in [-0.05, 0) is 25.7 Å². The van der Waals surface area contributed by atoms with Crippen molar-refractivity contribution in [1.82, 2.24) is 10.2 Å². The maximum Gasteiger partial charge on any atom is 0.323 e. The minimum atomic E-state index is -0.966. The smallest absolute Gasteiger partial charge is 0.323 e. The highest BCUT2D eigenvalue weighted by atomic mass is 16.4. The summed E-state index contributed by atoms with van der Waals surface area (Å²) >= 11 is 0. The van der Waals surface area contributed by atoms with Gasteiger partial charge in [0.1, 0.15) is 6.54 Å². The summed E-state index contributed by atoms with van der Waals surface area (Å²) in [5, 5.41) is 11.5. The van der Waals surface area contributed by atoms with E-state index in [4.69, 9.17) is 5.11 Å². The number of carboxylic acid groups (broad SMARTS) is 1. The number of rotatable bonds is 5. The van der Waals surface area contributed by atoms with E-state index in [9.17, 15) is 9.59 Å². The summed E-state index contributed by atoms with van der Waals surface area (Å²) < 4.78 is 0. The average Bonchev–Trinajstić information content (AvgIpc) is 2.09. The molecule has 0 saturated heterocycles. The van der Waals surface area contributed by atoms with Crippen molar-refractivity contribution in [2.24, 2.45) is 0 Å². The van der Waals surface area contributed by atoms with Crippen LogP contribution in [0.3, 0.4) is 0 Å². The first-order valence-electron chi connectivity index (χ1n) is 5.40. The topological polar surface area (TPSA) is 69.6 Å². The molecule has 0 radical (unpaired) electrons. The molecule has 1 saturated carbocycles. The molecular formula is C10H18N2O3. The number of carbonyl (C=O) groups excluding carboxylic acids is 1. The van der Waals surface area contributed by atoms with Gasteiger partial charge in [0.2, 0.25) is 0 Å². The van der Waals surface area contributed by atoms with Crippen LogP contribution in [0, 0.1) is 0 Å². The summed E-state index contributed by atoms with van der Waals surface area (Å²) in [6.07, 6.45) is 3.95. The SMILES string of the molecule is CCCN(CC(=O)O)C(=O)NC1CCC1. The van der Waals surface area contributed by atoms with Gasteiger partial charge < -0.3 is 15.3 Å². The van der Waals surface area contributed by atoms with E-state index in [1.807, 2.05) is 6.92 Å². The van der Waals surface area contributed by atoms with Gasteiger partial charge in [-0.3, -0.25) is 4.79 Å². The fourth-order valence-electron chi connectivity index (χ4n) is 1.50. The van der Waals surface area contributed by atoms with E-state index in [0.717, 1.165) is 25.7 Å². The first-order valence-corrected chi connectivity index (χ1v) is 5.40. The van der Waals surface area contributed by atoms with Gasteiger partial charge >= 0.3 is 12.0 Å². The largest absolute Gasteiger partial charge is 0.480 e. The Kier molecular flexibility index (Phi) is 4.39. The number of amides is 2. The van der Waals surface area contributed by atoms with Gasteiger partial charge in [0.25, 0.3) is 0 Å². The Balaban J connectivity index is 2.38. The minimum Gasteiger partial charge on any atom is -0.480 e. The molecule has 0 aliphatic heterocycles. The highest BCUT2D eigenvalue weighted by Gasteiger charge is 2.23. The molecule has 0 aromatic heterocycles. The molecule has 1 aliphatic carbocycles. The molecule has 1 aliphatic rings. The van der Waals surface area contributed by atoms with Crippen LogP contribution >= 0.6 is 0 Å². The highest BCUT2D eigenvalue weighted by molar-refractivity contribution is 5.80. The lowest BCUT2D eigenvalue weighted by atomic mass is 9.93. The van der Waals surface area contributed by atoms with E-state index >= 15 is 0 Å². The van der Waals surface area contributed by atoms with E-state index < -0.39 is 5.97 Å². The molecule has 5 heteroatoms. The molecule has 15 heavy (non-hydrogen) atoms. The van der Waals surface area contributed by atoms with Crippen LogP contribution in [0.5, 0.6) is 0 Å². The highest BCUT2D eigenvalue weighted by Crippen LogP contribution is 2.18. The minimum absolute atomic E-state index is 0.216. The number of carboxylic acids is 1. The maximum atomic E-state index is 11.6. The number of hydrogen-bond acceptors (Lipinski definition) is 2. The van der Waals surface area contributed by atoms with Crippen molar-refractivity contribution in [3.8, 4) is 0 Å². The number of nitrogens with zero attached hydrogens (tertiary/aromatic N) is 1. The molecule has 0 aromatic carbocycles. The van der Waals surface area contributed by atoms with Crippen molar-refractivity contribution < 1.29 is 14.7 Å². The zero-order valence-corrected chi connectivity index (χ0v) is 9.03. The van der Waals surface area contributed by atoms with Crippen LogP contribution in [0.4, 0.5) is 4.79 Å². The summed E-state index contributed by atoms with van der Waals surface area (Å²) in [5.74, 6) is -0.966. The summed E-state index contributed by atoms with van der Waals surface area (Å²) in [5.41, 5.74) is 0. The third-order valence-electron chi connectivity index (χ3n) is 2.54. The van der Waals surface area contributed by atoms with Gasteiger partial charge in [-0.25, -0.2) is 4.79 Å². The van der Waals surface area contributed by atoms with Crippen molar-refractivity contribution in [1.29, 1.82) is 0 Å². The predicted octanol–water partition coefficient (Wildman–Crippen LogP) is 1.05. The summed E-state index contributed by atoms with van der Waals surface area (Å²) in [7, 11) is 0. The number of aliphatic carboxylic acids is 1. The predicted molar refractivity (Wildman–Crippen MR) is 55.7 cm³/mol. The Morgan fingerprint density at radius 3 is 2.53 bits per heavy atom. The Labute approximate surface area is 89.4 Å². The van der Waals surface area contributed by atoms with Crippen LogP contribution in [0.15, 0.2) is 0 Å². The van der Waals surface area contributed by atoms with Crippen molar-refractivity contribution in [3.63, 3.8) is 0 Å². The lowest BCUT2D eigenvalue weighted by molar-refractivity contribution is -0.137. The van der Waals surface area contributed by atoms with Gasteiger partial charge in [0, 0.05) is 12.6 Å². The number of carbonyl (C=O) groups is 2. The van der Waals surface area contributed by atoms with E-state index in [1.165, 1.54) is 4.90 Å². The van der Waals surface area contributed by atoms with Crippen LogP contribution in [-0.4, -0.2) is 41.1 Å². The maximum absolute atomic E-state index is 11.6. The standard InChI is InChI=1S/C10H18N2O3/c1-2-6-12(7-9(13)14)10(15)11-8-4-3-5-8/h8H,2-7H2,1H3,(H,11,15)(H,13,14). The van der Waals surface area contributed by atoms with Gasteiger partial charge in [-0.2, -0.15) is 0 Å². The van der Waals surface area contributed by atoms with E-state index in [1.54, 1.807) is 0 Å². The van der Waals surface area contributed by atoms with Crippen LogP contribution in [0.1, 0.15) is 32.6 Å². The molecule has 0 atom stereocenters. The van der Waals surface area contributed by atoms with Crippen LogP contribution in [-0.2, 0) is 4.79 Å². The second-order valence-electron chi connectivity index (χ2n) is 3.89.